The average Bonchev–Trinajstić information content (AvgIpc) is 2.95. The molecule has 0 bridgehead atoms. The van der Waals surface area contributed by atoms with Crippen LogP contribution in [-0.2, 0) is 13.0 Å². The number of rotatable bonds is 6. The SMILES string of the molecule is COc1ccc2[nH]cc(CNCCc3ccc(Cl)cc3Cl)c2c1. The van der Waals surface area contributed by atoms with Crippen LogP contribution in [0.4, 0.5) is 0 Å². The number of methoxy groups -OCH3 is 1. The Morgan fingerprint density at radius 1 is 1.09 bits per heavy atom. The maximum atomic E-state index is 6.19. The molecule has 3 rings (SSSR count). The van der Waals surface area contributed by atoms with E-state index in [1.165, 1.54) is 10.9 Å². The predicted molar refractivity (Wildman–Crippen MR) is 96.7 cm³/mol. The monoisotopic (exact) mass is 348 g/mol. The molecule has 1 aromatic heterocycles. The molecule has 0 aliphatic rings. The van der Waals surface area contributed by atoms with Crippen LogP contribution in [0.5, 0.6) is 5.75 Å². The van der Waals surface area contributed by atoms with Gasteiger partial charge in [0.1, 0.15) is 5.75 Å². The number of nitrogens with one attached hydrogen (secondary N) is 2. The van der Waals surface area contributed by atoms with Crippen molar-refractivity contribution in [3.63, 3.8) is 0 Å². The van der Waals surface area contributed by atoms with Crippen LogP contribution in [-0.4, -0.2) is 18.6 Å². The summed E-state index contributed by atoms with van der Waals surface area (Å²) in [5, 5.41) is 6.02. The lowest BCUT2D eigenvalue weighted by atomic mass is 10.1. The first kappa shape index (κ1) is 16.2. The molecular formula is C18H18Cl2N2O. The van der Waals surface area contributed by atoms with Crippen LogP contribution in [0.2, 0.25) is 10.0 Å². The van der Waals surface area contributed by atoms with Gasteiger partial charge in [-0.05, 0) is 54.4 Å². The Morgan fingerprint density at radius 3 is 2.74 bits per heavy atom. The molecule has 3 aromatic rings. The normalized spacial score (nSPS) is 11.1. The van der Waals surface area contributed by atoms with Gasteiger partial charge in [0.25, 0.3) is 0 Å². The van der Waals surface area contributed by atoms with E-state index >= 15 is 0 Å². The van der Waals surface area contributed by atoms with Crippen LogP contribution in [0.25, 0.3) is 10.9 Å². The van der Waals surface area contributed by atoms with Gasteiger partial charge in [-0.1, -0.05) is 29.3 Å². The summed E-state index contributed by atoms with van der Waals surface area (Å²) in [6.45, 7) is 1.64. The maximum Gasteiger partial charge on any atom is 0.119 e. The van der Waals surface area contributed by atoms with E-state index in [2.05, 4.69) is 16.4 Å². The van der Waals surface area contributed by atoms with Crippen LogP contribution in [0.1, 0.15) is 11.1 Å². The Kier molecular flexibility index (Phi) is 5.11. The van der Waals surface area contributed by atoms with Crippen molar-refractivity contribution in [2.75, 3.05) is 13.7 Å². The molecule has 0 aliphatic heterocycles. The maximum absolute atomic E-state index is 6.19. The summed E-state index contributed by atoms with van der Waals surface area (Å²) in [4.78, 5) is 3.28. The highest BCUT2D eigenvalue weighted by Crippen LogP contribution is 2.24. The molecule has 0 fully saturated rings. The number of aromatic amines is 1. The number of ether oxygens (including phenoxy) is 1. The average molecular weight is 349 g/mol. The minimum Gasteiger partial charge on any atom is -0.497 e. The summed E-state index contributed by atoms with van der Waals surface area (Å²) in [7, 11) is 1.68. The standard InChI is InChI=1S/C18H18Cl2N2O/c1-23-15-4-5-18-16(9-15)13(11-22-18)10-21-7-6-12-2-3-14(19)8-17(12)20/h2-5,8-9,11,21-22H,6-7,10H2,1H3. The van der Waals surface area contributed by atoms with E-state index in [1.54, 1.807) is 13.2 Å². The second-order valence-corrected chi connectivity index (χ2v) is 6.23. The van der Waals surface area contributed by atoms with Gasteiger partial charge in [-0.2, -0.15) is 0 Å². The molecule has 23 heavy (non-hydrogen) atoms. The third-order valence-electron chi connectivity index (χ3n) is 3.88. The third-order valence-corrected chi connectivity index (χ3v) is 4.46. The van der Waals surface area contributed by atoms with E-state index in [9.17, 15) is 0 Å². The third kappa shape index (κ3) is 3.81. The van der Waals surface area contributed by atoms with Crippen molar-refractivity contribution in [2.24, 2.45) is 0 Å². The first-order chi connectivity index (χ1) is 11.2. The van der Waals surface area contributed by atoms with Gasteiger partial charge in [-0.25, -0.2) is 0 Å². The fraction of sp³-hybridized carbons (Fsp3) is 0.222. The van der Waals surface area contributed by atoms with Crippen LogP contribution in [0.15, 0.2) is 42.6 Å². The minimum absolute atomic E-state index is 0.666. The zero-order valence-electron chi connectivity index (χ0n) is 12.8. The summed E-state index contributed by atoms with van der Waals surface area (Å²) in [5.74, 6) is 0.867. The van der Waals surface area contributed by atoms with Crippen LogP contribution >= 0.6 is 23.2 Å². The summed E-state index contributed by atoms with van der Waals surface area (Å²) in [6.07, 6.45) is 2.90. The number of hydrogen-bond acceptors (Lipinski definition) is 2. The first-order valence-electron chi connectivity index (χ1n) is 7.46. The van der Waals surface area contributed by atoms with Crippen LogP contribution < -0.4 is 10.1 Å². The van der Waals surface area contributed by atoms with E-state index < -0.39 is 0 Å². The smallest absolute Gasteiger partial charge is 0.119 e. The van der Waals surface area contributed by atoms with Crippen molar-refractivity contribution in [2.45, 2.75) is 13.0 Å². The Bertz CT molecular complexity index is 814. The van der Waals surface area contributed by atoms with Crippen molar-refractivity contribution in [3.05, 3.63) is 63.8 Å². The molecule has 0 saturated heterocycles. The Hall–Kier alpha value is -1.68. The van der Waals surface area contributed by atoms with Crippen molar-refractivity contribution in [3.8, 4) is 5.75 Å². The molecule has 0 aliphatic carbocycles. The van der Waals surface area contributed by atoms with Gasteiger partial charge in [0, 0.05) is 33.7 Å². The predicted octanol–water partition coefficient (Wildman–Crippen LogP) is 4.82. The number of benzene rings is 2. The summed E-state index contributed by atoms with van der Waals surface area (Å²) in [5.41, 5.74) is 3.44. The highest BCUT2D eigenvalue weighted by atomic mass is 35.5. The highest BCUT2D eigenvalue weighted by molar-refractivity contribution is 6.35. The Morgan fingerprint density at radius 2 is 1.96 bits per heavy atom. The molecule has 120 valence electrons. The van der Waals surface area contributed by atoms with Gasteiger partial charge in [-0.15, -0.1) is 0 Å². The molecule has 3 nitrogen and oxygen atoms in total. The largest absolute Gasteiger partial charge is 0.497 e. The molecule has 5 heteroatoms. The quantitative estimate of drug-likeness (QED) is 0.627. The molecular weight excluding hydrogens is 331 g/mol. The van der Waals surface area contributed by atoms with E-state index in [0.717, 1.165) is 41.4 Å². The van der Waals surface area contributed by atoms with Gasteiger partial charge in [-0.3, -0.25) is 0 Å². The molecule has 0 spiro atoms. The number of H-pyrrole nitrogens is 1. The molecule has 1 heterocycles. The Balaban J connectivity index is 1.60. The molecule has 2 N–H and O–H groups in total. The number of aromatic nitrogens is 1. The number of hydrogen-bond donors (Lipinski definition) is 2. The van der Waals surface area contributed by atoms with E-state index in [-0.39, 0.29) is 0 Å². The topological polar surface area (TPSA) is 37.0 Å². The zero-order valence-corrected chi connectivity index (χ0v) is 14.3. The Labute approximate surface area is 145 Å². The number of fused-ring (bicyclic) bond motifs is 1. The lowest BCUT2D eigenvalue weighted by molar-refractivity contribution is 0.415. The van der Waals surface area contributed by atoms with Crippen LogP contribution in [0, 0.1) is 0 Å². The minimum atomic E-state index is 0.666. The highest BCUT2D eigenvalue weighted by Gasteiger charge is 2.05. The zero-order chi connectivity index (χ0) is 16.2. The van der Waals surface area contributed by atoms with E-state index in [4.69, 9.17) is 27.9 Å². The van der Waals surface area contributed by atoms with Gasteiger partial charge in [0.05, 0.1) is 7.11 Å². The summed E-state index contributed by atoms with van der Waals surface area (Å²) < 4.78 is 5.29. The fourth-order valence-electron chi connectivity index (χ4n) is 2.60. The lowest BCUT2D eigenvalue weighted by Gasteiger charge is -2.07. The summed E-state index contributed by atoms with van der Waals surface area (Å²) >= 11 is 12.1. The molecule has 0 radical (unpaired) electrons. The second kappa shape index (κ2) is 7.26. The van der Waals surface area contributed by atoms with Gasteiger partial charge >= 0.3 is 0 Å². The van der Waals surface area contributed by atoms with Gasteiger partial charge < -0.3 is 15.0 Å². The summed E-state index contributed by atoms with van der Waals surface area (Å²) in [6, 6.07) is 11.7. The van der Waals surface area contributed by atoms with Crippen molar-refractivity contribution >= 4 is 34.1 Å². The molecule has 2 aromatic carbocycles. The number of halogens is 2. The van der Waals surface area contributed by atoms with Crippen molar-refractivity contribution < 1.29 is 4.74 Å². The molecule has 0 atom stereocenters. The molecule has 0 unspecified atom stereocenters. The van der Waals surface area contributed by atoms with Gasteiger partial charge in [0.2, 0.25) is 0 Å². The first-order valence-corrected chi connectivity index (χ1v) is 8.21. The molecule has 0 amide bonds. The molecule has 0 saturated carbocycles. The second-order valence-electron chi connectivity index (χ2n) is 5.39. The van der Waals surface area contributed by atoms with Gasteiger partial charge in [0.15, 0.2) is 0 Å². The van der Waals surface area contributed by atoms with E-state index in [0.29, 0.717) is 5.02 Å². The van der Waals surface area contributed by atoms with Crippen molar-refractivity contribution in [1.82, 2.24) is 10.3 Å². The van der Waals surface area contributed by atoms with Crippen molar-refractivity contribution in [1.29, 1.82) is 0 Å². The van der Waals surface area contributed by atoms with E-state index in [1.807, 2.05) is 30.5 Å². The fourth-order valence-corrected chi connectivity index (χ4v) is 3.10. The van der Waals surface area contributed by atoms with Crippen LogP contribution in [0.3, 0.4) is 0 Å². The lowest BCUT2D eigenvalue weighted by Crippen LogP contribution is -2.16.